The molecule has 0 aromatic rings. The number of hydrogen-bond acceptors (Lipinski definition) is 3. The van der Waals surface area contributed by atoms with Gasteiger partial charge in [0.15, 0.2) is 5.78 Å². The first kappa shape index (κ1) is 14.6. The standard InChI is InChI=1S/C12H24O3/c1-9(2)6-11(13)12(8-14-5)15-7-10(3)4/h9-10,12H,6-8H2,1-5H3. The smallest absolute Gasteiger partial charge is 0.164 e. The number of Topliss-reactive ketones (excluding diaryl/α,β-unsaturated/α-hetero) is 1. The summed E-state index contributed by atoms with van der Waals surface area (Å²) in [5, 5.41) is 0. The van der Waals surface area contributed by atoms with Crippen LogP contribution in [0.3, 0.4) is 0 Å². The van der Waals surface area contributed by atoms with Crippen LogP contribution in [0.2, 0.25) is 0 Å². The van der Waals surface area contributed by atoms with Crippen molar-refractivity contribution in [2.75, 3.05) is 20.3 Å². The summed E-state index contributed by atoms with van der Waals surface area (Å²) >= 11 is 0. The van der Waals surface area contributed by atoms with Gasteiger partial charge in [0.05, 0.1) is 6.61 Å². The minimum absolute atomic E-state index is 0.146. The summed E-state index contributed by atoms with van der Waals surface area (Å²) in [7, 11) is 1.59. The van der Waals surface area contributed by atoms with Gasteiger partial charge in [-0.05, 0) is 11.8 Å². The Morgan fingerprint density at radius 1 is 1.07 bits per heavy atom. The number of ether oxygens (including phenoxy) is 2. The molecule has 0 heterocycles. The zero-order valence-corrected chi connectivity index (χ0v) is 10.6. The summed E-state index contributed by atoms with van der Waals surface area (Å²) in [5.74, 6) is 0.961. The van der Waals surface area contributed by atoms with Crippen LogP contribution >= 0.6 is 0 Å². The summed E-state index contributed by atoms with van der Waals surface area (Å²) in [6.45, 7) is 9.16. The maximum Gasteiger partial charge on any atom is 0.164 e. The highest BCUT2D eigenvalue weighted by Crippen LogP contribution is 2.08. The normalized spacial score (nSPS) is 13.5. The first-order valence-electron chi connectivity index (χ1n) is 5.60. The van der Waals surface area contributed by atoms with Crippen LogP contribution in [0.25, 0.3) is 0 Å². The molecule has 15 heavy (non-hydrogen) atoms. The van der Waals surface area contributed by atoms with Gasteiger partial charge in [-0.2, -0.15) is 0 Å². The molecule has 0 fully saturated rings. The molecular formula is C12H24O3. The van der Waals surface area contributed by atoms with E-state index in [9.17, 15) is 4.79 Å². The molecule has 0 aromatic carbocycles. The highest BCUT2D eigenvalue weighted by molar-refractivity contribution is 5.83. The Morgan fingerprint density at radius 3 is 2.07 bits per heavy atom. The van der Waals surface area contributed by atoms with Crippen LogP contribution in [0.1, 0.15) is 34.1 Å². The second kappa shape index (κ2) is 7.83. The fourth-order valence-corrected chi connectivity index (χ4v) is 1.23. The van der Waals surface area contributed by atoms with Gasteiger partial charge >= 0.3 is 0 Å². The van der Waals surface area contributed by atoms with E-state index in [0.717, 1.165) is 0 Å². The van der Waals surface area contributed by atoms with Crippen molar-refractivity contribution in [1.29, 1.82) is 0 Å². The highest BCUT2D eigenvalue weighted by atomic mass is 16.5. The van der Waals surface area contributed by atoms with Crippen molar-refractivity contribution in [3.8, 4) is 0 Å². The second-order valence-corrected chi connectivity index (χ2v) is 4.74. The van der Waals surface area contributed by atoms with Gasteiger partial charge < -0.3 is 9.47 Å². The third kappa shape index (κ3) is 7.51. The molecule has 0 aromatic heterocycles. The summed E-state index contributed by atoms with van der Waals surface area (Å²) in [4.78, 5) is 11.8. The van der Waals surface area contributed by atoms with Crippen molar-refractivity contribution in [1.82, 2.24) is 0 Å². The fourth-order valence-electron chi connectivity index (χ4n) is 1.23. The molecule has 1 atom stereocenters. The van der Waals surface area contributed by atoms with Gasteiger partial charge in [0.2, 0.25) is 0 Å². The number of ketones is 1. The molecule has 3 heteroatoms. The van der Waals surface area contributed by atoms with Gasteiger partial charge in [-0.1, -0.05) is 27.7 Å². The SMILES string of the molecule is COCC(OCC(C)C)C(=O)CC(C)C. The minimum Gasteiger partial charge on any atom is -0.382 e. The monoisotopic (exact) mass is 216 g/mol. The average molecular weight is 216 g/mol. The van der Waals surface area contributed by atoms with Crippen molar-refractivity contribution >= 4 is 5.78 Å². The molecule has 0 aliphatic carbocycles. The molecular weight excluding hydrogens is 192 g/mol. The van der Waals surface area contributed by atoms with Gasteiger partial charge in [0, 0.05) is 20.1 Å². The third-order valence-electron chi connectivity index (χ3n) is 1.92. The van der Waals surface area contributed by atoms with E-state index in [1.54, 1.807) is 7.11 Å². The lowest BCUT2D eigenvalue weighted by Crippen LogP contribution is -2.31. The summed E-state index contributed by atoms with van der Waals surface area (Å²) in [5.41, 5.74) is 0. The quantitative estimate of drug-likeness (QED) is 0.624. The zero-order chi connectivity index (χ0) is 11.8. The van der Waals surface area contributed by atoms with Crippen molar-refractivity contribution in [3.63, 3.8) is 0 Å². The molecule has 0 saturated heterocycles. The van der Waals surface area contributed by atoms with Crippen molar-refractivity contribution in [2.24, 2.45) is 11.8 Å². The predicted octanol–water partition coefficient (Wildman–Crippen LogP) is 2.29. The van der Waals surface area contributed by atoms with Crippen LogP contribution in [0.15, 0.2) is 0 Å². The van der Waals surface area contributed by atoms with E-state index in [4.69, 9.17) is 9.47 Å². The molecule has 0 spiro atoms. The molecule has 90 valence electrons. The summed E-state index contributed by atoms with van der Waals surface area (Å²) in [6.07, 6.45) is 0.173. The Kier molecular flexibility index (Phi) is 7.61. The molecule has 1 unspecified atom stereocenters. The Labute approximate surface area is 93.1 Å². The van der Waals surface area contributed by atoms with E-state index in [-0.39, 0.29) is 11.9 Å². The van der Waals surface area contributed by atoms with Crippen LogP contribution in [0.5, 0.6) is 0 Å². The van der Waals surface area contributed by atoms with Gasteiger partial charge in [-0.25, -0.2) is 0 Å². The Balaban J connectivity index is 4.06. The molecule has 0 rings (SSSR count). The number of carbonyl (C=O) groups is 1. The molecule has 0 aliphatic heterocycles. The summed E-state index contributed by atoms with van der Waals surface area (Å²) in [6, 6.07) is 0. The van der Waals surface area contributed by atoms with E-state index >= 15 is 0 Å². The number of hydrogen-bond donors (Lipinski definition) is 0. The van der Waals surface area contributed by atoms with Crippen molar-refractivity contribution in [2.45, 2.75) is 40.2 Å². The van der Waals surface area contributed by atoms with Crippen molar-refractivity contribution in [3.05, 3.63) is 0 Å². The van der Waals surface area contributed by atoms with E-state index < -0.39 is 0 Å². The van der Waals surface area contributed by atoms with Crippen LogP contribution in [-0.4, -0.2) is 32.2 Å². The maximum absolute atomic E-state index is 11.8. The second-order valence-electron chi connectivity index (χ2n) is 4.74. The predicted molar refractivity (Wildman–Crippen MR) is 60.9 cm³/mol. The molecule has 3 nitrogen and oxygen atoms in total. The number of methoxy groups -OCH3 is 1. The maximum atomic E-state index is 11.8. The Hall–Kier alpha value is -0.410. The highest BCUT2D eigenvalue weighted by Gasteiger charge is 2.20. The van der Waals surface area contributed by atoms with Crippen LogP contribution in [-0.2, 0) is 14.3 Å². The average Bonchev–Trinajstić information content (AvgIpc) is 2.10. The van der Waals surface area contributed by atoms with E-state index in [1.807, 2.05) is 13.8 Å². The first-order chi connectivity index (χ1) is 6.97. The van der Waals surface area contributed by atoms with E-state index in [1.165, 1.54) is 0 Å². The van der Waals surface area contributed by atoms with Crippen LogP contribution < -0.4 is 0 Å². The summed E-state index contributed by atoms with van der Waals surface area (Å²) < 4.78 is 10.5. The van der Waals surface area contributed by atoms with Crippen LogP contribution in [0, 0.1) is 11.8 Å². The molecule has 0 radical (unpaired) electrons. The Morgan fingerprint density at radius 2 is 1.67 bits per heavy atom. The molecule has 0 bridgehead atoms. The van der Waals surface area contributed by atoms with Crippen LogP contribution in [0.4, 0.5) is 0 Å². The molecule has 0 N–H and O–H groups in total. The first-order valence-corrected chi connectivity index (χ1v) is 5.60. The van der Waals surface area contributed by atoms with Gasteiger partial charge in [0.1, 0.15) is 6.10 Å². The minimum atomic E-state index is -0.389. The van der Waals surface area contributed by atoms with Gasteiger partial charge in [0.25, 0.3) is 0 Å². The van der Waals surface area contributed by atoms with Gasteiger partial charge in [-0.15, -0.1) is 0 Å². The topological polar surface area (TPSA) is 35.5 Å². The lowest BCUT2D eigenvalue weighted by atomic mass is 10.0. The Bertz CT molecular complexity index is 176. The third-order valence-corrected chi connectivity index (χ3v) is 1.92. The lowest BCUT2D eigenvalue weighted by Gasteiger charge is -2.18. The van der Waals surface area contributed by atoms with Gasteiger partial charge in [-0.3, -0.25) is 4.79 Å². The number of carbonyl (C=O) groups excluding carboxylic acids is 1. The number of rotatable bonds is 8. The fraction of sp³-hybridized carbons (Fsp3) is 0.917. The molecule has 0 aliphatic rings. The lowest BCUT2D eigenvalue weighted by molar-refractivity contribution is -0.135. The van der Waals surface area contributed by atoms with E-state index in [2.05, 4.69) is 13.8 Å². The largest absolute Gasteiger partial charge is 0.382 e. The van der Waals surface area contributed by atoms with Crippen molar-refractivity contribution < 1.29 is 14.3 Å². The zero-order valence-electron chi connectivity index (χ0n) is 10.6. The van der Waals surface area contributed by atoms with E-state index in [0.29, 0.717) is 31.5 Å². The molecule has 0 saturated carbocycles. The molecule has 0 amide bonds.